The molecule has 4 aromatic rings. The summed E-state index contributed by atoms with van der Waals surface area (Å²) in [6.45, 7) is 1.18. The van der Waals surface area contributed by atoms with Gasteiger partial charge in [0.2, 0.25) is 0 Å². The molecule has 4 aliphatic heterocycles. The number of aromatic hydroxyl groups is 2. The number of likely N-dealkylation sites (N-methyl/N-ethyl adjacent to an activating group) is 1. The minimum atomic E-state index is -1.02. The maximum atomic E-state index is 10.9. The van der Waals surface area contributed by atoms with Crippen LogP contribution in [0.5, 0.6) is 28.7 Å². The third-order valence-electron chi connectivity index (χ3n) is 11.7. The summed E-state index contributed by atoms with van der Waals surface area (Å²) in [7, 11) is 3.76. The van der Waals surface area contributed by atoms with E-state index >= 15 is 0 Å². The molecule has 4 aromatic carbocycles. The lowest BCUT2D eigenvalue weighted by atomic mass is 9.69. The summed E-state index contributed by atoms with van der Waals surface area (Å²) in [4.78, 5) is 4.60. The van der Waals surface area contributed by atoms with Crippen molar-refractivity contribution < 1.29 is 34.3 Å². The van der Waals surface area contributed by atoms with Crippen molar-refractivity contribution in [2.45, 2.75) is 68.3 Å². The number of ether oxygens (including phenoxy) is 4. The fourth-order valence-corrected chi connectivity index (χ4v) is 9.18. The molecule has 4 heterocycles. The number of aliphatic hydroxyl groups is 1. The molecule has 0 saturated heterocycles. The van der Waals surface area contributed by atoms with Crippen LogP contribution < -0.4 is 35.4 Å². The van der Waals surface area contributed by atoms with Gasteiger partial charge in [-0.25, -0.2) is 0 Å². The van der Waals surface area contributed by atoms with Crippen molar-refractivity contribution in [1.82, 2.24) is 10.6 Å². The van der Waals surface area contributed by atoms with Crippen molar-refractivity contribution >= 4 is 6.08 Å². The van der Waals surface area contributed by atoms with Gasteiger partial charge in [0.1, 0.15) is 35.0 Å². The lowest BCUT2D eigenvalue weighted by Gasteiger charge is -2.49. The Morgan fingerprint density at radius 1 is 1.00 bits per heavy atom. The molecule has 0 fully saturated rings. The molecule has 0 saturated carbocycles. The number of nitrogens with one attached hydrogen (secondary N) is 2. The van der Waals surface area contributed by atoms with Crippen LogP contribution in [0, 0.1) is 11.8 Å². The van der Waals surface area contributed by atoms with Gasteiger partial charge in [-0.1, -0.05) is 36.1 Å². The van der Waals surface area contributed by atoms with E-state index in [0.717, 1.165) is 67.4 Å². The summed E-state index contributed by atoms with van der Waals surface area (Å²) in [6, 6.07) is 17.1. The lowest BCUT2D eigenvalue weighted by molar-refractivity contribution is -0.140. The highest BCUT2D eigenvalue weighted by Gasteiger charge is 2.54. The van der Waals surface area contributed by atoms with E-state index in [4.69, 9.17) is 18.9 Å². The Labute approximate surface area is 314 Å². The van der Waals surface area contributed by atoms with Crippen molar-refractivity contribution in [2.24, 2.45) is 4.99 Å². The SMILES string of the molecule is CNCOC12Cc3c4c(c5c(c3OC1c1ccc(O)c(c1)OCCC#CC2NC)CCC(CO)O5)-c1ccc(O)cc1C(Cc1ccc2c(c1)=CCN=2)C4. The largest absolute Gasteiger partial charge is 0.508 e. The minimum Gasteiger partial charge on any atom is -0.508 e. The van der Waals surface area contributed by atoms with Gasteiger partial charge >= 0.3 is 0 Å². The monoisotopic (exact) mass is 727 g/mol. The average Bonchev–Trinajstić information content (AvgIpc) is 3.66. The zero-order valence-electron chi connectivity index (χ0n) is 30.6. The van der Waals surface area contributed by atoms with Crippen LogP contribution in [-0.4, -0.2) is 73.7 Å². The summed E-state index contributed by atoms with van der Waals surface area (Å²) in [6.07, 6.45) is 4.82. The van der Waals surface area contributed by atoms with Crippen molar-refractivity contribution in [2.75, 3.05) is 40.6 Å². The zero-order valence-corrected chi connectivity index (χ0v) is 30.6. The van der Waals surface area contributed by atoms with E-state index in [1.165, 1.54) is 5.56 Å². The third kappa shape index (κ3) is 5.78. The fraction of sp³-hybridized carbons (Fsp3) is 0.386. The number of hydrogen-bond donors (Lipinski definition) is 5. The highest BCUT2D eigenvalue weighted by atomic mass is 16.6. The quantitative estimate of drug-likeness (QED) is 0.143. The van der Waals surface area contributed by atoms with Crippen molar-refractivity contribution in [3.05, 3.63) is 98.6 Å². The van der Waals surface area contributed by atoms with E-state index in [9.17, 15) is 15.3 Å². The van der Waals surface area contributed by atoms with Crippen molar-refractivity contribution in [1.29, 1.82) is 0 Å². The molecule has 0 aromatic heterocycles. The second kappa shape index (κ2) is 14.0. The topological polar surface area (TPSA) is 134 Å². The number of phenols is 2. The van der Waals surface area contributed by atoms with Crippen molar-refractivity contribution in [3.8, 4) is 51.7 Å². The second-order valence-electron chi connectivity index (χ2n) is 14.9. The summed E-state index contributed by atoms with van der Waals surface area (Å²) in [5.74, 6) is 8.98. The zero-order chi connectivity index (χ0) is 37.0. The molecule has 1 aliphatic carbocycles. The molecule has 10 nitrogen and oxygen atoms in total. The number of hydrogen-bond acceptors (Lipinski definition) is 10. The predicted octanol–water partition coefficient (Wildman–Crippen LogP) is 3.73. The number of nitrogens with zero attached hydrogens (tertiary/aromatic N) is 1. The summed E-state index contributed by atoms with van der Waals surface area (Å²) >= 11 is 0. The molecule has 0 spiro atoms. The van der Waals surface area contributed by atoms with Gasteiger partial charge < -0.3 is 39.6 Å². The van der Waals surface area contributed by atoms with E-state index in [2.05, 4.69) is 51.7 Å². The predicted molar refractivity (Wildman–Crippen MR) is 204 cm³/mol. The average molecular weight is 728 g/mol. The molecule has 5 aliphatic rings. The van der Waals surface area contributed by atoms with Crippen LogP contribution in [0.15, 0.2) is 59.6 Å². The fourth-order valence-electron chi connectivity index (χ4n) is 9.18. The van der Waals surface area contributed by atoms with E-state index < -0.39 is 17.7 Å². The van der Waals surface area contributed by atoms with Gasteiger partial charge in [0, 0.05) is 29.5 Å². The normalized spacial score (nSPS) is 24.4. The molecule has 2 bridgehead atoms. The molecule has 10 heteroatoms. The molecule has 0 amide bonds. The van der Waals surface area contributed by atoms with Crippen LogP contribution in [0.2, 0.25) is 0 Å². The smallest absolute Gasteiger partial charge is 0.161 e. The maximum Gasteiger partial charge on any atom is 0.161 e. The maximum absolute atomic E-state index is 10.9. The Bertz CT molecular complexity index is 2330. The van der Waals surface area contributed by atoms with E-state index in [0.29, 0.717) is 51.0 Å². The highest BCUT2D eigenvalue weighted by molar-refractivity contribution is 5.85. The number of benzene rings is 4. The standard InChI is InChI=1S/C44H45N3O7/c1-45-24-52-44-22-35-34-19-28(18-25-6-12-36-26(17-25)14-15-47-36)33-21-29(49)8-10-31(33)40(34)42-32(11-9-30(23-48)53-42)41(35)54-43(44)27-7-13-37(50)38(20-27)51-16-4-3-5-39(44)46-2/h6-8,10,12-14,17,20-21,28,30,39,43,45-46,48-50H,4,9,11,15-16,18-19,22-24H2,1-2H3. The second-order valence-corrected chi connectivity index (χ2v) is 14.9. The molecule has 0 radical (unpaired) electrons. The Kier molecular flexibility index (Phi) is 8.98. The first-order valence-electron chi connectivity index (χ1n) is 18.9. The third-order valence-corrected chi connectivity index (χ3v) is 11.7. The molecule has 54 heavy (non-hydrogen) atoms. The van der Waals surface area contributed by atoms with Crippen LogP contribution in [0.4, 0.5) is 0 Å². The Hall–Kier alpha value is -5.05. The van der Waals surface area contributed by atoms with E-state index in [-0.39, 0.29) is 36.9 Å². The lowest BCUT2D eigenvalue weighted by Crippen LogP contribution is -2.60. The number of rotatable bonds is 7. The highest BCUT2D eigenvalue weighted by Crippen LogP contribution is 2.58. The van der Waals surface area contributed by atoms with Gasteiger partial charge in [-0.05, 0) is 115 Å². The van der Waals surface area contributed by atoms with Gasteiger partial charge in [-0.2, -0.15) is 0 Å². The summed E-state index contributed by atoms with van der Waals surface area (Å²) in [5, 5.41) is 40.9. The minimum absolute atomic E-state index is 0.0338. The van der Waals surface area contributed by atoms with E-state index in [1.807, 2.05) is 38.4 Å². The molecule has 5 unspecified atom stereocenters. The van der Waals surface area contributed by atoms with Crippen LogP contribution in [0.1, 0.15) is 58.2 Å². The summed E-state index contributed by atoms with van der Waals surface area (Å²) in [5.41, 5.74) is 7.18. The number of aliphatic hydroxyl groups excluding tert-OH is 1. The van der Waals surface area contributed by atoms with Crippen LogP contribution in [0.3, 0.4) is 0 Å². The molecule has 5 atom stereocenters. The first-order valence-corrected chi connectivity index (χ1v) is 18.9. The molecule has 5 N–H and O–H groups in total. The van der Waals surface area contributed by atoms with Gasteiger partial charge in [0.05, 0.1) is 31.8 Å². The van der Waals surface area contributed by atoms with Crippen LogP contribution >= 0.6 is 0 Å². The Balaban J connectivity index is 1.28. The Morgan fingerprint density at radius 3 is 2.76 bits per heavy atom. The van der Waals surface area contributed by atoms with Crippen molar-refractivity contribution in [3.63, 3.8) is 0 Å². The summed E-state index contributed by atoms with van der Waals surface area (Å²) < 4.78 is 27.1. The number of fused-ring (bicyclic) bond motifs is 13. The molecule has 9 rings (SSSR count). The van der Waals surface area contributed by atoms with Crippen LogP contribution in [-0.2, 0) is 30.4 Å². The van der Waals surface area contributed by atoms with Crippen LogP contribution in [0.25, 0.3) is 17.2 Å². The van der Waals surface area contributed by atoms with Gasteiger partial charge in [-0.15, -0.1) is 0 Å². The number of phenolic OH excluding ortho intramolecular Hbond substituents is 2. The Morgan fingerprint density at radius 2 is 1.91 bits per heavy atom. The molecular formula is C44H45N3O7. The first-order chi connectivity index (χ1) is 26.4. The first kappa shape index (κ1) is 34.7. The molecular weight excluding hydrogens is 682 g/mol. The van der Waals surface area contributed by atoms with E-state index in [1.54, 1.807) is 12.1 Å². The van der Waals surface area contributed by atoms with Gasteiger partial charge in [0.25, 0.3) is 0 Å². The molecule has 278 valence electrons. The van der Waals surface area contributed by atoms with Gasteiger partial charge in [-0.3, -0.25) is 10.3 Å². The van der Waals surface area contributed by atoms with Gasteiger partial charge in [0.15, 0.2) is 17.6 Å².